The largest absolute Gasteiger partial charge is 0.481 e. The van der Waals surface area contributed by atoms with E-state index in [1.165, 1.54) is 12.1 Å². The Morgan fingerprint density at radius 3 is 2.57 bits per heavy atom. The topological polar surface area (TPSA) is 83.6 Å². The molecule has 1 saturated heterocycles. The van der Waals surface area contributed by atoms with Crippen molar-refractivity contribution in [3.63, 3.8) is 0 Å². The smallest absolute Gasteiger partial charge is 0.311 e. The molecular formula is C15H19FN2O3. The van der Waals surface area contributed by atoms with Crippen LogP contribution in [0.2, 0.25) is 0 Å². The van der Waals surface area contributed by atoms with Crippen LogP contribution in [0.25, 0.3) is 0 Å². The van der Waals surface area contributed by atoms with E-state index >= 15 is 0 Å². The second-order valence-electron chi connectivity index (χ2n) is 5.79. The zero-order chi connectivity index (χ0) is 15.8. The molecule has 0 aliphatic carbocycles. The Morgan fingerprint density at radius 2 is 2.10 bits per heavy atom. The van der Waals surface area contributed by atoms with Crippen molar-refractivity contribution in [2.24, 2.45) is 17.1 Å². The SMILES string of the molecule is CC(C)C1(C(=O)O)CCN(c2cccc(F)c2C(N)=O)C1. The summed E-state index contributed by atoms with van der Waals surface area (Å²) in [5, 5.41) is 9.54. The van der Waals surface area contributed by atoms with E-state index in [1.54, 1.807) is 11.0 Å². The van der Waals surface area contributed by atoms with Crippen molar-refractivity contribution >= 4 is 17.6 Å². The molecule has 1 heterocycles. The fourth-order valence-corrected chi connectivity index (χ4v) is 2.95. The predicted octanol–water partition coefficient (Wildman–Crippen LogP) is 1.86. The highest BCUT2D eigenvalue weighted by Gasteiger charge is 2.47. The molecule has 0 spiro atoms. The third kappa shape index (κ3) is 2.46. The Hall–Kier alpha value is -2.11. The minimum Gasteiger partial charge on any atom is -0.481 e. The molecule has 5 nitrogen and oxygen atoms in total. The minimum absolute atomic E-state index is 0.0643. The lowest BCUT2D eigenvalue weighted by molar-refractivity contribution is -0.150. The van der Waals surface area contributed by atoms with Crippen LogP contribution in [-0.2, 0) is 4.79 Å². The third-order valence-corrected chi connectivity index (χ3v) is 4.41. The number of carbonyl (C=O) groups is 2. The van der Waals surface area contributed by atoms with Gasteiger partial charge in [-0.2, -0.15) is 0 Å². The van der Waals surface area contributed by atoms with E-state index in [1.807, 2.05) is 13.8 Å². The van der Waals surface area contributed by atoms with Gasteiger partial charge in [0.25, 0.3) is 5.91 Å². The van der Waals surface area contributed by atoms with Crippen LogP contribution < -0.4 is 10.6 Å². The second kappa shape index (κ2) is 5.35. The number of anilines is 1. The standard InChI is InChI=1S/C15H19FN2O3/c1-9(2)15(14(20)21)6-7-18(8-15)11-5-3-4-10(16)12(11)13(17)19/h3-5,9H,6-8H2,1-2H3,(H2,17,19)(H,20,21). The normalized spacial score (nSPS) is 21.8. The summed E-state index contributed by atoms with van der Waals surface area (Å²) in [6.07, 6.45) is 0.453. The summed E-state index contributed by atoms with van der Waals surface area (Å²) < 4.78 is 13.8. The van der Waals surface area contributed by atoms with E-state index in [9.17, 15) is 19.1 Å². The fourth-order valence-electron chi connectivity index (χ4n) is 2.95. The molecule has 21 heavy (non-hydrogen) atoms. The number of hydrogen-bond donors (Lipinski definition) is 2. The molecule has 0 bridgehead atoms. The summed E-state index contributed by atoms with van der Waals surface area (Å²) in [5.74, 6) is -2.46. The van der Waals surface area contributed by atoms with Crippen LogP contribution >= 0.6 is 0 Å². The van der Waals surface area contributed by atoms with E-state index in [4.69, 9.17) is 5.73 Å². The first-order valence-corrected chi connectivity index (χ1v) is 6.86. The Balaban J connectivity index is 2.41. The van der Waals surface area contributed by atoms with E-state index in [-0.39, 0.29) is 18.0 Å². The van der Waals surface area contributed by atoms with Gasteiger partial charge >= 0.3 is 5.97 Å². The van der Waals surface area contributed by atoms with Crippen molar-refractivity contribution in [2.75, 3.05) is 18.0 Å². The lowest BCUT2D eigenvalue weighted by atomic mass is 9.76. The molecule has 3 N–H and O–H groups in total. The van der Waals surface area contributed by atoms with Crippen LogP contribution in [-0.4, -0.2) is 30.1 Å². The summed E-state index contributed by atoms with van der Waals surface area (Å²) in [5.41, 5.74) is 4.55. The van der Waals surface area contributed by atoms with Gasteiger partial charge in [-0.15, -0.1) is 0 Å². The van der Waals surface area contributed by atoms with Crippen molar-refractivity contribution in [2.45, 2.75) is 20.3 Å². The summed E-state index contributed by atoms with van der Waals surface area (Å²) in [7, 11) is 0. The molecule has 0 aromatic heterocycles. The molecule has 1 aliphatic heterocycles. The Labute approximate surface area is 122 Å². The molecule has 1 atom stereocenters. The van der Waals surface area contributed by atoms with E-state index in [0.29, 0.717) is 18.7 Å². The number of carboxylic acids is 1. The van der Waals surface area contributed by atoms with Gasteiger partial charge in [0.2, 0.25) is 0 Å². The number of carboxylic acid groups (broad SMARTS) is 1. The second-order valence-corrected chi connectivity index (χ2v) is 5.79. The molecule has 1 aliphatic rings. The van der Waals surface area contributed by atoms with E-state index in [2.05, 4.69) is 0 Å². The maximum Gasteiger partial charge on any atom is 0.311 e. The highest BCUT2D eigenvalue weighted by Crippen LogP contribution is 2.41. The quantitative estimate of drug-likeness (QED) is 0.888. The zero-order valence-electron chi connectivity index (χ0n) is 12.1. The Morgan fingerprint density at radius 1 is 1.43 bits per heavy atom. The van der Waals surface area contributed by atoms with Crippen LogP contribution in [0.5, 0.6) is 0 Å². The van der Waals surface area contributed by atoms with Crippen LogP contribution in [0, 0.1) is 17.2 Å². The van der Waals surface area contributed by atoms with Gasteiger partial charge in [-0.1, -0.05) is 19.9 Å². The number of aliphatic carboxylic acids is 1. The minimum atomic E-state index is -0.888. The van der Waals surface area contributed by atoms with E-state index in [0.717, 1.165) is 0 Å². The molecule has 0 radical (unpaired) electrons. The summed E-state index contributed by atoms with van der Waals surface area (Å²) >= 11 is 0. The summed E-state index contributed by atoms with van der Waals surface area (Å²) in [4.78, 5) is 24.8. The number of rotatable bonds is 4. The van der Waals surface area contributed by atoms with Gasteiger partial charge in [-0.3, -0.25) is 9.59 Å². The molecule has 1 unspecified atom stereocenters. The monoisotopic (exact) mass is 294 g/mol. The van der Waals surface area contributed by atoms with E-state index < -0.39 is 23.1 Å². The van der Waals surface area contributed by atoms with Crippen molar-refractivity contribution in [1.82, 2.24) is 0 Å². The lowest BCUT2D eigenvalue weighted by Crippen LogP contribution is -2.39. The summed E-state index contributed by atoms with van der Waals surface area (Å²) in [6.45, 7) is 4.41. The number of benzene rings is 1. The Kier molecular flexibility index (Phi) is 3.89. The number of hydrogen-bond acceptors (Lipinski definition) is 3. The van der Waals surface area contributed by atoms with Crippen LogP contribution in [0.15, 0.2) is 18.2 Å². The van der Waals surface area contributed by atoms with Crippen molar-refractivity contribution in [1.29, 1.82) is 0 Å². The fraction of sp³-hybridized carbons (Fsp3) is 0.467. The molecule has 1 amide bonds. The average molecular weight is 294 g/mol. The zero-order valence-corrected chi connectivity index (χ0v) is 12.1. The molecule has 1 aromatic carbocycles. The van der Waals surface area contributed by atoms with Crippen molar-refractivity contribution in [3.05, 3.63) is 29.6 Å². The van der Waals surface area contributed by atoms with Crippen LogP contribution in [0.3, 0.4) is 0 Å². The molecule has 1 fully saturated rings. The molecular weight excluding hydrogens is 275 g/mol. The maximum atomic E-state index is 13.8. The van der Waals surface area contributed by atoms with Crippen molar-refractivity contribution < 1.29 is 19.1 Å². The molecule has 1 aromatic rings. The first-order valence-electron chi connectivity index (χ1n) is 6.86. The first-order chi connectivity index (χ1) is 9.79. The summed E-state index contributed by atoms with van der Waals surface area (Å²) in [6, 6.07) is 4.27. The lowest BCUT2D eigenvalue weighted by Gasteiger charge is -2.29. The highest BCUT2D eigenvalue weighted by molar-refractivity contribution is 5.99. The van der Waals surface area contributed by atoms with Gasteiger partial charge in [0.05, 0.1) is 16.7 Å². The number of amides is 1. The predicted molar refractivity (Wildman–Crippen MR) is 76.7 cm³/mol. The van der Waals surface area contributed by atoms with Gasteiger partial charge in [0.15, 0.2) is 0 Å². The van der Waals surface area contributed by atoms with Gasteiger partial charge < -0.3 is 15.7 Å². The van der Waals surface area contributed by atoms with Crippen LogP contribution in [0.1, 0.15) is 30.6 Å². The number of nitrogens with two attached hydrogens (primary N) is 1. The number of nitrogens with zero attached hydrogens (tertiary/aromatic N) is 1. The number of primary amides is 1. The average Bonchev–Trinajstić information content (AvgIpc) is 2.84. The Bertz CT molecular complexity index is 588. The third-order valence-electron chi connectivity index (χ3n) is 4.41. The first kappa shape index (κ1) is 15.3. The number of halogens is 1. The van der Waals surface area contributed by atoms with Gasteiger partial charge in [0, 0.05) is 13.1 Å². The van der Waals surface area contributed by atoms with Crippen molar-refractivity contribution in [3.8, 4) is 0 Å². The number of carbonyl (C=O) groups excluding carboxylic acids is 1. The molecule has 0 saturated carbocycles. The van der Waals surface area contributed by atoms with Gasteiger partial charge in [0.1, 0.15) is 5.82 Å². The van der Waals surface area contributed by atoms with Gasteiger partial charge in [-0.05, 0) is 24.5 Å². The molecule has 114 valence electrons. The maximum absolute atomic E-state index is 13.8. The van der Waals surface area contributed by atoms with Gasteiger partial charge in [-0.25, -0.2) is 4.39 Å². The molecule has 6 heteroatoms. The molecule has 2 rings (SSSR count). The van der Waals surface area contributed by atoms with Crippen LogP contribution in [0.4, 0.5) is 10.1 Å². The highest BCUT2D eigenvalue weighted by atomic mass is 19.1.